The van der Waals surface area contributed by atoms with Gasteiger partial charge in [-0.3, -0.25) is 0 Å². The fourth-order valence-electron chi connectivity index (χ4n) is 1.90. The predicted molar refractivity (Wildman–Crippen MR) is 65.4 cm³/mol. The van der Waals surface area contributed by atoms with Crippen LogP contribution in [-0.4, -0.2) is 45.9 Å². The van der Waals surface area contributed by atoms with Crippen LogP contribution in [0, 0.1) is 5.92 Å². The molecule has 96 valence electrons. The first-order valence-electron chi connectivity index (χ1n) is 5.98. The molecule has 6 heteroatoms. The van der Waals surface area contributed by atoms with E-state index in [0.717, 1.165) is 32.4 Å². The molecule has 0 saturated carbocycles. The lowest BCUT2D eigenvalue weighted by molar-refractivity contribution is 0.449. The second kappa shape index (κ2) is 6.54. The highest BCUT2D eigenvalue weighted by atomic mass is 32.2. The third kappa shape index (κ3) is 4.37. The second-order valence-corrected chi connectivity index (χ2v) is 6.23. The van der Waals surface area contributed by atoms with Crippen molar-refractivity contribution in [3.63, 3.8) is 0 Å². The van der Waals surface area contributed by atoms with Crippen LogP contribution in [-0.2, 0) is 10.2 Å². The maximum atomic E-state index is 11.7. The van der Waals surface area contributed by atoms with Crippen LogP contribution in [0.25, 0.3) is 0 Å². The first kappa shape index (κ1) is 13.9. The minimum absolute atomic E-state index is 0.544. The highest BCUT2D eigenvalue weighted by molar-refractivity contribution is 7.87. The van der Waals surface area contributed by atoms with Gasteiger partial charge in [0, 0.05) is 20.1 Å². The lowest BCUT2D eigenvalue weighted by Gasteiger charge is -2.17. The molecule has 1 aliphatic heterocycles. The molecular formula is C10H23N3O2S. The Labute approximate surface area is 98.8 Å². The Balaban J connectivity index is 2.24. The highest BCUT2D eigenvalue weighted by Crippen LogP contribution is 2.11. The molecule has 1 unspecified atom stereocenters. The van der Waals surface area contributed by atoms with Gasteiger partial charge in [0.25, 0.3) is 10.2 Å². The fraction of sp³-hybridized carbons (Fsp3) is 1.00. The molecule has 1 rings (SSSR count). The summed E-state index contributed by atoms with van der Waals surface area (Å²) in [5.41, 5.74) is 0. The van der Waals surface area contributed by atoms with Gasteiger partial charge < -0.3 is 5.32 Å². The Bertz CT molecular complexity index is 286. The van der Waals surface area contributed by atoms with E-state index in [1.165, 1.54) is 4.31 Å². The van der Waals surface area contributed by atoms with Gasteiger partial charge in [0.2, 0.25) is 0 Å². The quantitative estimate of drug-likeness (QED) is 0.676. The molecule has 1 heterocycles. The van der Waals surface area contributed by atoms with Gasteiger partial charge in [-0.1, -0.05) is 6.92 Å². The molecule has 1 saturated heterocycles. The number of nitrogens with zero attached hydrogens (tertiary/aromatic N) is 1. The molecule has 0 aliphatic carbocycles. The third-order valence-corrected chi connectivity index (χ3v) is 4.52. The van der Waals surface area contributed by atoms with Gasteiger partial charge in [-0.15, -0.1) is 0 Å². The lowest BCUT2D eigenvalue weighted by atomic mass is 10.1. The van der Waals surface area contributed by atoms with Crippen molar-refractivity contribution in [2.24, 2.45) is 5.92 Å². The molecule has 2 N–H and O–H groups in total. The van der Waals surface area contributed by atoms with Crippen LogP contribution < -0.4 is 10.0 Å². The van der Waals surface area contributed by atoms with Gasteiger partial charge in [0.1, 0.15) is 0 Å². The van der Waals surface area contributed by atoms with Gasteiger partial charge in [0.15, 0.2) is 0 Å². The highest BCUT2D eigenvalue weighted by Gasteiger charge is 2.18. The van der Waals surface area contributed by atoms with Crippen molar-refractivity contribution in [1.29, 1.82) is 0 Å². The molecule has 0 spiro atoms. The summed E-state index contributed by atoms with van der Waals surface area (Å²) in [4.78, 5) is 0. The molecule has 0 amide bonds. The van der Waals surface area contributed by atoms with E-state index >= 15 is 0 Å². The van der Waals surface area contributed by atoms with Crippen molar-refractivity contribution in [2.75, 3.05) is 33.2 Å². The molecule has 0 bridgehead atoms. The molecule has 1 aliphatic rings. The fourth-order valence-corrected chi connectivity index (χ4v) is 2.92. The molecule has 16 heavy (non-hydrogen) atoms. The van der Waals surface area contributed by atoms with E-state index in [9.17, 15) is 8.42 Å². The van der Waals surface area contributed by atoms with E-state index in [1.54, 1.807) is 7.05 Å². The van der Waals surface area contributed by atoms with Crippen LogP contribution in [0.1, 0.15) is 26.2 Å². The molecule has 1 atom stereocenters. The summed E-state index contributed by atoms with van der Waals surface area (Å²) in [6.45, 7) is 5.17. The van der Waals surface area contributed by atoms with Gasteiger partial charge in [0.05, 0.1) is 0 Å². The Hall–Kier alpha value is -0.170. The van der Waals surface area contributed by atoms with E-state index in [1.807, 2.05) is 6.92 Å². The zero-order chi connectivity index (χ0) is 12.0. The Kier molecular flexibility index (Phi) is 5.68. The zero-order valence-corrected chi connectivity index (χ0v) is 11.0. The molecule has 0 aromatic carbocycles. The van der Waals surface area contributed by atoms with Gasteiger partial charge in [-0.2, -0.15) is 12.7 Å². The van der Waals surface area contributed by atoms with E-state index in [4.69, 9.17) is 0 Å². The Morgan fingerprint density at radius 1 is 1.50 bits per heavy atom. The van der Waals surface area contributed by atoms with Crippen LogP contribution in [0.2, 0.25) is 0 Å². The SMILES string of the molecule is CCCN(C)S(=O)(=O)NCCC1CCNC1. The summed E-state index contributed by atoms with van der Waals surface area (Å²) in [7, 11) is -1.64. The smallest absolute Gasteiger partial charge is 0.279 e. The summed E-state index contributed by atoms with van der Waals surface area (Å²) >= 11 is 0. The molecule has 0 aromatic heterocycles. The van der Waals surface area contributed by atoms with E-state index in [-0.39, 0.29) is 0 Å². The van der Waals surface area contributed by atoms with Crippen molar-refractivity contribution >= 4 is 10.2 Å². The average Bonchev–Trinajstić information content (AvgIpc) is 2.70. The van der Waals surface area contributed by atoms with Crippen LogP contribution in [0.5, 0.6) is 0 Å². The van der Waals surface area contributed by atoms with E-state index in [0.29, 0.717) is 19.0 Å². The van der Waals surface area contributed by atoms with Gasteiger partial charge in [-0.25, -0.2) is 4.72 Å². The minimum Gasteiger partial charge on any atom is -0.316 e. The summed E-state index contributed by atoms with van der Waals surface area (Å²) in [5, 5.41) is 3.28. The Morgan fingerprint density at radius 3 is 2.81 bits per heavy atom. The normalized spacial score (nSPS) is 21.8. The standard InChI is InChI=1S/C10H23N3O2S/c1-3-8-13(2)16(14,15)12-7-5-10-4-6-11-9-10/h10-12H,3-9H2,1-2H3. The van der Waals surface area contributed by atoms with Crippen molar-refractivity contribution < 1.29 is 8.42 Å². The molecule has 5 nitrogen and oxygen atoms in total. The second-order valence-electron chi connectivity index (χ2n) is 4.37. The summed E-state index contributed by atoms with van der Waals surface area (Å²) < 4.78 is 27.4. The van der Waals surface area contributed by atoms with Crippen molar-refractivity contribution in [1.82, 2.24) is 14.3 Å². The third-order valence-electron chi connectivity index (χ3n) is 2.95. The van der Waals surface area contributed by atoms with Crippen molar-refractivity contribution in [3.05, 3.63) is 0 Å². The zero-order valence-electron chi connectivity index (χ0n) is 10.2. The van der Waals surface area contributed by atoms with Crippen LogP contribution in [0.15, 0.2) is 0 Å². The monoisotopic (exact) mass is 249 g/mol. The topological polar surface area (TPSA) is 61.4 Å². The maximum absolute atomic E-state index is 11.7. The summed E-state index contributed by atoms with van der Waals surface area (Å²) in [6, 6.07) is 0. The maximum Gasteiger partial charge on any atom is 0.279 e. The lowest BCUT2D eigenvalue weighted by Crippen LogP contribution is -2.39. The summed E-state index contributed by atoms with van der Waals surface area (Å²) in [6.07, 6.45) is 2.92. The largest absolute Gasteiger partial charge is 0.316 e. The minimum atomic E-state index is -3.25. The van der Waals surface area contributed by atoms with Crippen LogP contribution in [0.4, 0.5) is 0 Å². The molecular weight excluding hydrogens is 226 g/mol. The number of rotatable bonds is 7. The van der Waals surface area contributed by atoms with Crippen LogP contribution in [0.3, 0.4) is 0 Å². The summed E-state index contributed by atoms with van der Waals surface area (Å²) in [5.74, 6) is 0.624. The molecule has 0 radical (unpaired) electrons. The predicted octanol–water partition coefficient (Wildman–Crippen LogP) is 0.162. The van der Waals surface area contributed by atoms with E-state index in [2.05, 4.69) is 10.0 Å². The number of hydrogen-bond acceptors (Lipinski definition) is 3. The first-order valence-corrected chi connectivity index (χ1v) is 7.42. The average molecular weight is 249 g/mol. The number of nitrogens with one attached hydrogen (secondary N) is 2. The number of hydrogen-bond donors (Lipinski definition) is 2. The van der Waals surface area contributed by atoms with Crippen molar-refractivity contribution in [3.8, 4) is 0 Å². The van der Waals surface area contributed by atoms with Gasteiger partial charge in [-0.05, 0) is 38.3 Å². The Morgan fingerprint density at radius 2 is 2.25 bits per heavy atom. The van der Waals surface area contributed by atoms with E-state index < -0.39 is 10.2 Å². The molecule has 0 aromatic rings. The molecule has 1 fully saturated rings. The first-order chi connectivity index (χ1) is 7.56. The van der Waals surface area contributed by atoms with Crippen molar-refractivity contribution in [2.45, 2.75) is 26.2 Å². The van der Waals surface area contributed by atoms with Crippen LogP contribution >= 0.6 is 0 Å². The van der Waals surface area contributed by atoms with Gasteiger partial charge >= 0.3 is 0 Å².